The van der Waals surface area contributed by atoms with Crippen molar-refractivity contribution in [1.29, 1.82) is 0 Å². The van der Waals surface area contributed by atoms with E-state index in [4.69, 9.17) is 5.73 Å². The lowest BCUT2D eigenvalue weighted by molar-refractivity contribution is -0.157. The van der Waals surface area contributed by atoms with Crippen LogP contribution in [-0.2, 0) is 68.7 Å². The van der Waals surface area contributed by atoms with Crippen molar-refractivity contribution in [2.24, 2.45) is 47.2 Å². The normalized spacial score (nSPS) is 24.3. The third-order valence-electron chi connectivity index (χ3n) is 19.3. The average molecular weight is 1530 g/mol. The Kier molecular flexibility index (Phi) is 35.9. The molecule has 10 N–H and O–H groups in total. The van der Waals surface area contributed by atoms with Crippen LogP contribution in [0.3, 0.4) is 0 Å². The molecule has 0 radical (unpaired) electrons. The van der Waals surface area contributed by atoms with Gasteiger partial charge in [0.25, 0.3) is 5.91 Å². The van der Waals surface area contributed by atoms with E-state index in [9.17, 15) is 53.1 Å². The maximum atomic E-state index is 15.6. The number of aliphatic hydroxyl groups excluding tert-OH is 1. The predicted molar refractivity (Wildman–Crippen MR) is 409 cm³/mol. The number of hydrogen-bond acceptors (Lipinski definition) is 18. The van der Waals surface area contributed by atoms with Crippen molar-refractivity contribution in [2.75, 3.05) is 67.4 Å². The van der Waals surface area contributed by atoms with Crippen LogP contribution >= 0.6 is 25.3 Å². The molecule has 0 unspecified atom stereocenters. The molecule has 14 atom stereocenters. The average Bonchev–Trinajstić information content (AvgIpc) is 1.06. The Hall–Kier alpha value is -8.07. The van der Waals surface area contributed by atoms with E-state index in [1.54, 1.807) is 41.5 Å². The molecule has 1 aliphatic rings. The van der Waals surface area contributed by atoms with Gasteiger partial charge in [-0.25, -0.2) is 4.98 Å². The molecule has 2 aromatic rings. The molecule has 14 amide bonds. The number of amides is 14. The van der Waals surface area contributed by atoms with Crippen molar-refractivity contribution >= 4 is 119 Å². The number of aromatic amines is 1. The maximum absolute atomic E-state index is 15.6. The smallest absolute Gasteiger partial charge is 0.252 e. The molecule has 33 heteroatoms. The summed E-state index contributed by atoms with van der Waals surface area (Å²) in [5.74, 6) is -13.4. The molecule has 0 saturated carbocycles. The summed E-state index contributed by atoms with van der Waals surface area (Å²) in [5.41, 5.74) is 6.21. The summed E-state index contributed by atoms with van der Waals surface area (Å²) in [6.45, 7) is 26.9. The number of nitrogens with zero attached hydrogens (tertiary/aromatic N) is 8. The molecule has 0 aliphatic carbocycles. The molecular formula is C73H122N16O15S2. The van der Waals surface area contributed by atoms with Crippen LogP contribution in [0.2, 0.25) is 0 Å². The van der Waals surface area contributed by atoms with Gasteiger partial charge in [-0.2, -0.15) is 25.3 Å². The van der Waals surface area contributed by atoms with Gasteiger partial charge in [0.2, 0.25) is 76.8 Å². The van der Waals surface area contributed by atoms with Crippen LogP contribution in [0.4, 0.5) is 0 Å². The Balaban J connectivity index is 2.32. The van der Waals surface area contributed by atoms with Crippen molar-refractivity contribution in [3.8, 4) is 0 Å². The van der Waals surface area contributed by atoms with Crippen molar-refractivity contribution in [1.82, 2.24) is 76.2 Å². The van der Waals surface area contributed by atoms with Crippen molar-refractivity contribution < 1.29 is 72.2 Å². The molecule has 0 spiro atoms. The number of primary amides is 1. The van der Waals surface area contributed by atoms with E-state index in [-0.39, 0.29) is 85.1 Å². The van der Waals surface area contributed by atoms with E-state index in [1.165, 1.54) is 106 Å². The summed E-state index contributed by atoms with van der Waals surface area (Å²) in [5, 5.41) is 28.7. The maximum Gasteiger partial charge on any atom is 0.252 e. The van der Waals surface area contributed by atoms with Crippen molar-refractivity contribution in [3.63, 3.8) is 0 Å². The quantitative estimate of drug-likeness (QED) is 0.0741. The zero-order valence-electron chi connectivity index (χ0n) is 66.4. The summed E-state index contributed by atoms with van der Waals surface area (Å²) < 4.78 is 0. The molecule has 106 heavy (non-hydrogen) atoms. The molecule has 1 aromatic heterocycles. The number of fused-ring (bicyclic) bond motifs is 1. The van der Waals surface area contributed by atoms with Crippen LogP contribution in [0, 0.1) is 41.4 Å². The minimum Gasteiger partial charge on any atom is -0.390 e. The number of aliphatic hydroxyl groups is 1. The van der Waals surface area contributed by atoms with Crippen LogP contribution in [0.15, 0.2) is 18.2 Å². The van der Waals surface area contributed by atoms with Crippen LogP contribution in [0.1, 0.15) is 159 Å². The minimum atomic E-state index is -1.83. The lowest BCUT2D eigenvalue weighted by Gasteiger charge is -2.41. The first kappa shape index (κ1) is 92.1. The predicted octanol–water partition coefficient (Wildman–Crippen LogP) is 1.35. The SMILES string of the molecule is CC[C@@H]1NC(=O)[C@H]([C@H](O)[C@H](C)Cc2nc3ccc(C(=O)N[C@@H](CS)C(=O)N[C@@H](CS)C(N)=O)cc3[nH]2)N(C)C(=O)[C@H](C(C)C)N(C)C(=O)[C@H](CC(C)C)N(C)C(=O)[C@H](CC(C)C)N(C)C(=O)[C@@H](C)NC(=O)[C@H](C)NC(=O)[C@H](CC(C)C)N(C)C(=O)[C@H](C(C)C)NC(=O)[C@H](CC(C)C)N(C)C(=O)CN(C)C1=O. The molecule has 1 fully saturated rings. The fourth-order valence-corrected chi connectivity index (χ4v) is 13.4. The third kappa shape index (κ3) is 24.7. The van der Waals surface area contributed by atoms with Crippen LogP contribution in [0.25, 0.3) is 11.0 Å². The van der Waals surface area contributed by atoms with E-state index in [0.29, 0.717) is 11.0 Å². The first-order chi connectivity index (χ1) is 49.2. The van der Waals surface area contributed by atoms with Crippen LogP contribution in [0.5, 0.6) is 0 Å². The second-order valence-electron chi connectivity index (χ2n) is 30.8. The summed E-state index contributed by atoms with van der Waals surface area (Å²) >= 11 is 8.28. The molecule has 1 aromatic carbocycles. The lowest BCUT2D eigenvalue weighted by atomic mass is 9.91. The number of imidazole rings is 1. The molecule has 2 heterocycles. The zero-order chi connectivity index (χ0) is 81.1. The Labute approximate surface area is 636 Å². The summed E-state index contributed by atoms with van der Waals surface area (Å²) in [4.78, 5) is 217. The number of likely N-dealkylation sites (N-methyl/N-ethyl adjacent to an activating group) is 7. The van der Waals surface area contributed by atoms with Gasteiger partial charge in [0, 0.05) is 72.8 Å². The Morgan fingerprint density at radius 2 is 1.02 bits per heavy atom. The van der Waals surface area contributed by atoms with Gasteiger partial charge >= 0.3 is 0 Å². The number of rotatable bonds is 22. The summed E-state index contributed by atoms with van der Waals surface area (Å²) in [6.07, 6.45) is -1.55. The first-order valence-electron chi connectivity index (χ1n) is 36.5. The number of carbonyl (C=O) groups excluding carboxylic acids is 14. The molecule has 3 rings (SSSR count). The number of nitrogens with one attached hydrogen (secondary N) is 7. The minimum absolute atomic E-state index is 0.0722. The van der Waals surface area contributed by atoms with Crippen LogP contribution < -0.4 is 37.6 Å². The number of carbonyl (C=O) groups is 14. The molecule has 1 saturated heterocycles. The molecular weight excluding hydrogens is 1410 g/mol. The highest BCUT2D eigenvalue weighted by atomic mass is 32.1. The van der Waals surface area contributed by atoms with E-state index >= 15 is 19.2 Å². The van der Waals surface area contributed by atoms with Gasteiger partial charge in [-0.15, -0.1) is 0 Å². The first-order valence-corrected chi connectivity index (χ1v) is 37.8. The van der Waals surface area contributed by atoms with E-state index < -0.39 is 186 Å². The number of H-pyrrole nitrogens is 1. The van der Waals surface area contributed by atoms with Gasteiger partial charge in [0.05, 0.1) is 23.7 Å². The van der Waals surface area contributed by atoms with Gasteiger partial charge in [-0.1, -0.05) is 96.9 Å². The van der Waals surface area contributed by atoms with Gasteiger partial charge < -0.3 is 82.0 Å². The van der Waals surface area contributed by atoms with Gasteiger partial charge in [0.1, 0.15) is 78.3 Å². The van der Waals surface area contributed by atoms with E-state index in [1.807, 2.05) is 55.4 Å². The number of hydrogen-bond donors (Lipinski definition) is 11. The highest BCUT2D eigenvalue weighted by molar-refractivity contribution is 7.80. The Morgan fingerprint density at radius 1 is 0.547 bits per heavy atom. The highest BCUT2D eigenvalue weighted by Gasteiger charge is 2.46. The fourth-order valence-electron chi connectivity index (χ4n) is 12.8. The number of benzene rings is 1. The summed E-state index contributed by atoms with van der Waals surface area (Å²) in [6, 6.07) is -11.1. The van der Waals surface area contributed by atoms with Gasteiger partial charge in [-0.05, 0) is 106 Å². The second-order valence-corrected chi connectivity index (χ2v) is 31.5. The number of aromatic nitrogens is 2. The molecule has 596 valence electrons. The number of nitrogens with two attached hydrogens (primary N) is 1. The Bertz CT molecular complexity index is 3440. The zero-order valence-corrected chi connectivity index (χ0v) is 68.1. The Morgan fingerprint density at radius 3 is 1.51 bits per heavy atom. The molecule has 1 aliphatic heterocycles. The molecule has 31 nitrogen and oxygen atoms in total. The molecule has 0 bridgehead atoms. The third-order valence-corrected chi connectivity index (χ3v) is 20.0. The summed E-state index contributed by atoms with van der Waals surface area (Å²) in [7, 11) is 9.63. The monoisotopic (exact) mass is 1530 g/mol. The van der Waals surface area contributed by atoms with Gasteiger partial charge in [0.15, 0.2) is 0 Å². The van der Waals surface area contributed by atoms with E-state index in [2.05, 4.69) is 67.1 Å². The standard InChI is InChI=1S/C73H122N16O15S2/c1-24-46-69(100)83(17)33-56(90)84(18)51(27-36(2)3)66(97)82-57(40(10)11)72(103)85(19)52(28-37(4)5)65(96)75-43(15)62(93)76-44(16)68(99)86(20)53(29-38(6)7)70(101)87(21)54(30-39(8)9)71(102)88(22)58(41(12)13)73(104)89(23)59(67(98)79-46)60(91)42(14)31-55-77-47-26-25-45(32-48(47)78-55)63(94)81-50(35-106)64(95)80-49(34-105)61(74)92/h25-26,32,36-44,46,49-54,57-60,91,105-106H,24,27-31,33-35H2,1-23H3,(H2,74,92)(H,75,96)(H,76,93)(H,77,78)(H,79,98)(H,80,95)(H,81,94)(H,82,97)/t42-,43+,44-,46+,49+,50+,51+,52+,53+,54+,57+,58+,59+,60-/m1/s1. The lowest BCUT2D eigenvalue weighted by Crippen LogP contribution is -2.63. The number of thiol groups is 2. The van der Waals surface area contributed by atoms with Crippen LogP contribution in [-0.4, -0.2) is 278 Å². The van der Waals surface area contributed by atoms with Gasteiger partial charge in [-0.3, -0.25) is 67.1 Å². The topological polar surface area (TPSA) is 409 Å². The van der Waals surface area contributed by atoms with Crippen molar-refractivity contribution in [3.05, 3.63) is 29.6 Å². The second kappa shape index (κ2) is 41.3. The highest BCUT2D eigenvalue weighted by Crippen LogP contribution is 2.27. The van der Waals surface area contributed by atoms with E-state index in [0.717, 1.165) is 9.80 Å². The largest absolute Gasteiger partial charge is 0.390 e. The fraction of sp³-hybridized carbons (Fsp3) is 0.712. The van der Waals surface area contributed by atoms with Crippen molar-refractivity contribution in [2.45, 2.75) is 228 Å².